The van der Waals surface area contributed by atoms with E-state index in [4.69, 9.17) is 26.6 Å². The summed E-state index contributed by atoms with van der Waals surface area (Å²) in [7, 11) is 0. The second-order valence-electron chi connectivity index (χ2n) is 10.7. The number of nitriles is 1. The van der Waals surface area contributed by atoms with E-state index in [0.29, 0.717) is 32.4 Å². The summed E-state index contributed by atoms with van der Waals surface area (Å²) in [5, 5.41) is 13.6. The highest BCUT2D eigenvalue weighted by atomic mass is 35.5. The minimum atomic E-state index is -1.06. The first-order valence-electron chi connectivity index (χ1n) is 12.4. The van der Waals surface area contributed by atoms with Crippen molar-refractivity contribution in [2.24, 2.45) is 10.5 Å². The van der Waals surface area contributed by atoms with E-state index in [2.05, 4.69) is 16.1 Å². The van der Waals surface area contributed by atoms with E-state index in [9.17, 15) is 19.2 Å². The number of rotatable bonds is 4. The van der Waals surface area contributed by atoms with Crippen molar-refractivity contribution in [1.29, 1.82) is 5.26 Å². The van der Waals surface area contributed by atoms with Gasteiger partial charge in [-0.3, -0.25) is 9.69 Å². The number of nitrogens with zero attached hydrogens (tertiary/aromatic N) is 6. The van der Waals surface area contributed by atoms with Gasteiger partial charge in [0.05, 0.1) is 34.4 Å². The lowest BCUT2D eigenvalue weighted by molar-refractivity contribution is -0.140. The van der Waals surface area contributed by atoms with Crippen LogP contribution in [0.3, 0.4) is 0 Å². The number of benzene rings is 2. The molecule has 0 aromatic heterocycles. The largest absolute Gasteiger partial charge is 0.476 e. The van der Waals surface area contributed by atoms with Crippen LogP contribution in [0.1, 0.15) is 39.2 Å². The smallest absolute Gasteiger partial charge is 0.415 e. The quantitative estimate of drug-likeness (QED) is 0.248. The van der Waals surface area contributed by atoms with Gasteiger partial charge in [-0.25, -0.2) is 9.18 Å². The molecule has 2 aromatic rings. The van der Waals surface area contributed by atoms with Gasteiger partial charge in [-0.05, 0) is 75.4 Å². The highest BCUT2D eigenvalue weighted by Gasteiger charge is 2.42. The van der Waals surface area contributed by atoms with Gasteiger partial charge in [-0.15, -0.1) is 0 Å². The standard InChI is InChI=1S/C27H28ClFN6O4/c1-26(2,3)39-25(37)35-15-23(38-22-13-20(32-33-31)19(28)12-21(22)35)24(36)34-10-8-27(16-30,9-11-34)14-17-4-6-18(29)7-5-17/h4-7,12-13,23H,8-11,14-15H2,1-3H3. The van der Waals surface area contributed by atoms with Crippen molar-refractivity contribution in [2.75, 3.05) is 24.5 Å². The maximum Gasteiger partial charge on any atom is 0.415 e. The van der Waals surface area contributed by atoms with Gasteiger partial charge in [0, 0.05) is 18.0 Å². The van der Waals surface area contributed by atoms with Crippen LogP contribution >= 0.6 is 11.6 Å². The third-order valence-corrected chi connectivity index (χ3v) is 7.01. The summed E-state index contributed by atoms with van der Waals surface area (Å²) in [6.45, 7) is 5.71. The van der Waals surface area contributed by atoms with Crippen molar-refractivity contribution in [3.63, 3.8) is 0 Å². The van der Waals surface area contributed by atoms with Crippen molar-refractivity contribution >= 4 is 35.0 Å². The second kappa shape index (κ2) is 11.0. The highest BCUT2D eigenvalue weighted by Crippen LogP contribution is 2.42. The van der Waals surface area contributed by atoms with Crippen LogP contribution in [0.5, 0.6) is 5.75 Å². The van der Waals surface area contributed by atoms with Crippen molar-refractivity contribution in [3.8, 4) is 11.8 Å². The van der Waals surface area contributed by atoms with Crippen LogP contribution in [0.15, 0.2) is 41.5 Å². The van der Waals surface area contributed by atoms with E-state index in [1.807, 2.05) is 0 Å². The summed E-state index contributed by atoms with van der Waals surface area (Å²) in [5.74, 6) is -0.534. The Morgan fingerprint density at radius 3 is 2.54 bits per heavy atom. The first-order chi connectivity index (χ1) is 18.4. The maximum atomic E-state index is 13.6. The Labute approximate surface area is 230 Å². The van der Waals surface area contributed by atoms with Crippen molar-refractivity contribution in [2.45, 2.75) is 51.7 Å². The molecule has 1 saturated heterocycles. The zero-order chi connectivity index (χ0) is 28.4. The van der Waals surface area contributed by atoms with Crippen LogP contribution in [-0.2, 0) is 16.0 Å². The third-order valence-electron chi connectivity index (χ3n) is 6.70. The molecule has 1 unspecified atom stereocenters. The molecular weight excluding hydrogens is 527 g/mol. The topological polar surface area (TPSA) is 132 Å². The fraction of sp³-hybridized carbons (Fsp3) is 0.444. The molecule has 12 heteroatoms. The predicted octanol–water partition coefficient (Wildman–Crippen LogP) is 6.30. The molecule has 1 atom stereocenters. The molecule has 2 aliphatic heterocycles. The van der Waals surface area contributed by atoms with E-state index in [1.54, 1.807) is 37.8 Å². The predicted molar refractivity (Wildman–Crippen MR) is 142 cm³/mol. The van der Waals surface area contributed by atoms with Crippen LogP contribution < -0.4 is 9.64 Å². The SMILES string of the molecule is CC(C)(C)OC(=O)N1CC(C(=O)N2CCC(C#N)(Cc3ccc(F)cc3)CC2)Oc2cc(N=[N+]=[N-])c(Cl)cc21. The molecule has 2 heterocycles. The van der Waals surface area contributed by atoms with E-state index >= 15 is 0 Å². The molecule has 0 radical (unpaired) electrons. The summed E-state index contributed by atoms with van der Waals surface area (Å²) in [5.41, 5.74) is 8.63. The minimum absolute atomic E-state index is 0.0905. The molecule has 2 aliphatic rings. The van der Waals surface area contributed by atoms with Gasteiger partial charge in [0.15, 0.2) is 6.10 Å². The molecule has 2 aromatic carbocycles. The molecule has 0 aliphatic carbocycles. The van der Waals surface area contributed by atoms with Gasteiger partial charge < -0.3 is 14.4 Å². The van der Waals surface area contributed by atoms with E-state index in [0.717, 1.165) is 5.56 Å². The van der Waals surface area contributed by atoms with Gasteiger partial charge in [0.25, 0.3) is 5.91 Å². The first kappa shape index (κ1) is 28.0. The van der Waals surface area contributed by atoms with Crippen LogP contribution in [-0.4, -0.2) is 48.2 Å². The molecule has 0 spiro atoms. The zero-order valence-electron chi connectivity index (χ0n) is 21.9. The van der Waals surface area contributed by atoms with Gasteiger partial charge in [0.1, 0.15) is 17.2 Å². The van der Waals surface area contributed by atoms with Crippen LogP contribution in [0.2, 0.25) is 5.02 Å². The molecule has 0 saturated carbocycles. The number of likely N-dealkylation sites (tertiary alicyclic amines) is 1. The zero-order valence-corrected chi connectivity index (χ0v) is 22.6. The number of halogens is 2. The number of fused-ring (bicyclic) bond motifs is 1. The average Bonchev–Trinajstić information content (AvgIpc) is 2.89. The monoisotopic (exact) mass is 554 g/mol. The summed E-state index contributed by atoms with van der Waals surface area (Å²) in [6.07, 6.45) is -0.421. The van der Waals surface area contributed by atoms with Crippen LogP contribution in [0, 0.1) is 22.6 Å². The maximum absolute atomic E-state index is 13.6. The lowest BCUT2D eigenvalue weighted by atomic mass is 9.75. The summed E-state index contributed by atoms with van der Waals surface area (Å²) < 4.78 is 24.9. The minimum Gasteiger partial charge on any atom is -0.476 e. The first-order valence-corrected chi connectivity index (χ1v) is 12.8. The molecule has 2 amide bonds. The lowest BCUT2D eigenvalue weighted by Gasteiger charge is -2.41. The molecular formula is C27H28ClFN6O4. The number of piperidine rings is 1. The number of anilines is 1. The molecule has 1 fully saturated rings. The fourth-order valence-corrected chi connectivity index (χ4v) is 4.91. The van der Waals surface area contributed by atoms with E-state index < -0.39 is 23.2 Å². The summed E-state index contributed by atoms with van der Waals surface area (Å²) >= 11 is 6.25. The van der Waals surface area contributed by atoms with Crippen molar-refractivity contribution in [3.05, 3.63) is 63.2 Å². The Morgan fingerprint density at radius 2 is 1.95 bits per heavy atom. The molecule has 0 bridgehead atoms. The molecule has 4 rings (SSSR count). The third kappa shape index (κ3) is 6.36. The highest BCUT2D eigenvalue weighted by molar-refractivity contribution is 6.33. The molecule has 204 valence electrons. The van der Waals surface area contributed by atoms with Crippen molar-refractivity contribution in [1.82, 2.24) is 4.90 Å². The number of carbonyl (C=O) groups excluding carboxylic acids is 2. The van der Waals surface area contributed by atoms with Crippen molar-refractivity contribution < 1.29 is 23.5 Å². The van der Waals surface area contributed by atoms with Crippen LogP contribution in [0.25, 0.3) is 10.4 Å². The van der Waals surface area contributed by atoms with E-state index in [1.165, 1.54) is 29.2 Å². The fourth-order valence-electron chi connectivity index (χ4n) is 4.72. The number of amides is 2. The Morgan fingerprint density at radius 1 is 1.28 bits per heavy atom. The Bertz CT molecular complexity index is 1360. The number of hydrogen-bond acceptors (Lipinski definition) is 6. The molecule has 0 N–H and O–H groups in total. The van der Waals surface area contributed by atoms with Gasteiger partial charge in [0.2, 0.25) is 0 Å². The summed E-state index contributed by atoms with van der Waals surface area (Å²) in [6, 6.07) is 11.3. The van der Waals surface area contributed by atoms with Gasteiger partial charge in [-0.2, -0.15) is 5.26 Å². The Balaban J connectivity index is 1.54. The second-order valence-corrected chi connectivity index (χ2v) is 11.1. The van der Waals surface area contributed by atoms with Gasteiger partial charge >= 0.3 is 6.09 Å². The molecule has 10 nitrogen and oxygen atoms in total. The average molecular weight is 555 g/mol. The van der Waals surface area contributed by atoms with Crippen LogP contribution in [0.4, 0.5) is 20.6 Å². The molecule has 39 heavy (non-hydrogen) atoms. The lowest BCUT2D eigenvalue weighted by Crippen LogP contribution is -2.54. The number of carbonyl (C=O) groups is 2. The summed E-state index contributed by atoms with van der Waals surface area (Å²) in [4.78, 5) is 32.3. The van der Waals surface area contributed by atoms with Gasteiger partial charge in [-0.1, -0.05) is 28.8 Å². The number of hydrogen-bond donors (Lipinski definition) is 0. The Hall–Kier alpha value is -4.00. The normalized spacial score (nSPS) is 18.2. The number of ether oxygens (including phenoxy) is 2. The Kier molecular flexibility index (Phi) is 7.91. The number of azide groups is 1. The van der Waals surface area contributed by atoms with E-state index in [-0.39, 0.29) is 40.4 Å².